The maximum Gasteiger partial charge on any atom is 0.271 e. The van der Waals surface area contributed by atoms with Crippen molar-refractivity contribution in [1.82, 2.24) is 15.3 Å². The first-order valence-corrected chi connectivity index (χ1v) is 6.04. The van der Waals surface area contributed by atoms with E-state index in [4.69, 9.17) is 0 Å². The zero-order chi connectivity index (χ0) is 13.5. The summed E-state index contributed by atoms with van der Waals surface area (Å²) in [6.07, 6.45) is 6.91. The molecule has 0 saturated carbocycles. The minimum Gasteiger partial charge on any atom is -0.347 e. The third-order valence-electron chi connectivity index (χ3n) is 2.50. The second kappa shape index (κ2) is 6.44. The molecule has 4 nitrogen and oxygen atoms in total. The van der Waals surface area contributed by atoms with E-state index in [1.807, 2.05) is 49.4 Å². The molecule has 0 atom stereocenters. The van der Waals surface area contributed by atoms with Crippen LogP contribution in [-0.4, -0.2) is 22.4 Å². The quantitative estimate of drug-likeness (QED) is 0.909. The van der Waals surface area contributed by atoms with E-state index in [-0.39, 0.29) is 5.91 Å². The van der Waals surface area contributed by atoms with Crippen LogP contribution in [0.15, 0.2) is 48.8 Å². The summed E-state index contributed by atoms with van der Waals surface area (Å²) in [6.45, 7) is 2.29. The number of benzene rings is 1. The summed E-state index contributed by atoms with van der Waals surface area (Å²) in [5, 5.41) is 2.76. The Morgan fingerprint density at radius 2 is 2.00 bits per heavy atom. The standard InChI is InChI=1S/C15H15N3O/c1-12-10-18-14(11-17-12)15(19)16-9-5-8-13-6-3-2-4-7-13/h2-8,10-11H,9H2,1H3,(H,16,19)/b8-5+. The Balaban J connectivity index is 1.84. The predicted octanol–water partition coefficient (Wildman–Crippen LogP) is 2.23. The highest BCUT2D eigenvalue weighted by atomic mass is 16.1. The number of carbonyl (C=O) groups is 1. The number of hydrogen-bond donors (Lipinski definition) is 1. The van der Waals surface area contributed by atoms with Crippen LogP contribution in [0.4, 0.5) is 0 Å². The molecule has 1 heterocycles. The summed E-state index contributed by atoms with van der Waals surface area (Å²) < 4.78 is 0. The van der Waals surface area contributed by atoms with Crippen molar-refractivity contribution in [1.29, 1.82) is 0 Å². The van der Waals surface area contributed by atoms with Gasteiger partial charge in [0.25, 0.3) is 5.91 Å². The molecule has 0 radical (unpaired) electrons. The number of nitrogens with zero attached hydrogens (tertiary/aromatic N) is 2. The Hall–Kier alpha value is -2.49. The average molecular weight is 253 g/mol. The van der Waals surface area contributed by atoms with Crippen molar-refractivity contribution in [2.75, 3.05) is 6.54 Å². The van der Waals surface area contributed by atoms with Gasteiger partial charge in [0.15, 0.2) is 0 Å². The van der Waals surface area contributed by atoms with Gasteiger partial charge in [0, 0.05) is 12.7 Å². The van der Waals surface area contributed by atoms with Crippen LogP contribution >= 0.6 is 0 Å². The Morgan fingerprint density at radius 1 is 1.21 bits per heavy atom. The fourth-order valence-electron chi connectivity index (χ4n) is 1.51. The van der Waals surface area contributed by atoms with Crippen molar-refractivity contribution < 1.29 is 4.79 Å². The van der Waals surface area contributed by atoms with Gasteiger partial charge >= 0.3 is 0 Å². The van der Waals surface area contributed by atoms with E-state index in [2.05, 4.69) is 15.3 Å². The molecule has 19 heavy (non-hydrogen) atoms. The summed E-state index contributed by atoms with van der Waals surface area (Å²) in [7, 11) is 0. The molecule has 4 heteroatoms. The molecule has 0 fully saturated rings. The fraction of sp³-hybridized carbons (Fsp3) is 0.133. The first-order chi connectivity index (χ1) is 9.25. The minimum atomic E-state index is -0.217. The third kappa shape index (κ3) is 4.03. The van der Waals surface area contributed by atoms with Crippen molar-refractivity contribution in [3.63, 3.8) is 0 Å². The second-order valence-corrected chi connectivity index (χ2v) is 4.07. The first-order valence-electron chi connectivity index (χ1n) is 6.04. The Morgan fingerprint density at radius 3 is 2.68 bits per heavy atom. The van der Waals surface area contributed by atoms with E-state index in [9.17, 15) is 4.79 Å². The summed E-state index contributed by atoms with van der Waals surface area (Å²) in [5.74, 6) is -0.217. The molecule has 1 amide bonds. The van der Waals surface area contributed by atoms with E-state index in [0.717, 1.165) is 11.3 Å². The van der Waals surface area contributed by atoms with Gasteiger partial charge in [-0.05, 0) is 12.5 Å². The predicted molar refractivity (Wildman–Crippen MR) is 74.6 cm³/mol. The number of rotatable bonds is 4. The second-order valence-electron chi connectivity index (χ2n) is 4.07. The van der Waals surface area contributed by atoms with Crippen LogP contribution in [0, 0.1) is 6.92 Å². The van der Waals surface area contributed by atoms with Crippen molar-refractivity contribution >= 4 is 12.0 Å². The van der Waals surface area contributed by atoms with Gasteiger partial charge in [-0.25, -0.2) is 4.98 Å². The molecule has 1 N–H and O–H groups in total. The lowest BCUT2D eigenvalue weighted by Gasteiger charge is -2.01. The maximum atomic E-state index is 11.7. The number of nitrogens with one attached hydrogen (secondary N) is 1. The van der Waals surface area contributed by atoms with Crippen LogP contribution in [0.3, 0.4) is 0 Å². The van der Waals surface area contributed by atoms with Crippen molar-refractivity contribution in [3.8, 4) is 0 Å². The lowest BCUT2D eigenvalue weighted by Crippen LogP contribution is -2.24. The molecule has 0 aliphatic rings. The topological polar surface area (TPSA) is 54.9 Å². The highest BCUT2D eigenvalue weighted by Gasteiger charge is 2.04. The number of aromatic nitrogens is 2. The van der Waals surface area contributed by atoms with E-state index in [0.29, 0.717) is 12.2 Å². The molecule has 0 aliphatic heterocycles. The van der Waals surface area contributed by atoms with E-state index in [1.54, 1.807) is 6.20 Å². The van der Waals surface area contributed by atoms with Crippen LogP contribution in [0.2, 0.25) is 0 Å². The minimum absolute atomic E-state index is 0.217. The van der Waals surface area contributed by atoms with Gasteiger partial charge in [-0.3, -0.25) is 9.78 Å². The number of carbonyl (C=O) groups excluding carboxylic acids is 1. The first kappa shape index (κ1) is 13.0. The van der Waals surface area contributed by atoms with Gasteiger partial charge in [0.2, 0.25) is 0 Å². The molecule has 0 spiro atoms. The summed E-state index contributed by atoms with van der Waals surface area (Å²) >= 11 is 0. The van der Waals surface area contributed by atoms with Gasteiger partial charge in [0.05, 0.1) is 11.9 Å². The van der Waals surface area contributed by atoms with Crippen molar-refractivity contribution in [3.05, 3.63) is 65.8 Å². The lowest BCUT2D eigenvalue weighted by atomic mass is 10.2. The molecular weight excluding hydrogens is 238 g/mol. The Bertz CT molecular complexity index is 562. The molecule has 1 aromatic carbocycles. The zero-order valence-corrected chi connectivity index (χ0v) is 10.7. The molecule has 2 rings (SSSR count). The van der Waals surface area contributed by atoms with Crippen LogP contribution < -0.4 is 5.32 Å². The molecule has 2 aromatic rings. The Labute approximate surface area is 112 Å². The highest BCUT2D eigenvalue weighted by Crippen LogP contribution is 2.00. The molecule has 0 bridgehead atoms. The molecule has 0 aliphatic carbocycles. The van der Waals surface area contributed by atoms with Crippen molar-refractivity contribution in [2.45, 2.75) is 6.92 Å². The lowest BCUT2D eigenvalue weighted by molar-refractivity contribution is 0.0952. The molecule has 1 aromatic heterocycles. The van der Waals surface area contributed by atoms with Crippen LogP contribution in [0.1, 0.15) is 21.7 Å². The van der Waals surface area contributed by atoms with Crippen molar-refractivity contribution in [2.24, 2.45) is 0 Å². The van der Waals surface area contributed by atoms with Gasteiger partial charge < -0.3 is 5.32 Å². The smallest absolute Gasteiger partial charge is 0.271 e. The monoisotopic (exact) mass is 253 g/mol. The number of aryl methyl sites for hydroxylation is 1. The van der Waals surface area contributed by atoms with E-state index >= 15 is 0 Å². The number of amides is 1. The largest absolute Gasteiger partial charge is 0.347 e. The average Bonchev–Trinajstić information content (AvgIpc) is 2.45. The van der Waals surface area contributed by atoms with E-state index < -0.39 is 0 Å². The van der Waals surface area contributed by atoms with Gasteiger partial charge in [-0.2, -0.15) is 0 Å². The summed E-state index contributed by atoms with van der Waals surface area (Å²) in [6, 6.07) is 9.92. The molecule has 0 saturated heterocycles. The molecule has 0 unspecified atom stereocenters. The maximum absolute atomic E-state index is 11.7. The fourth-order valence-corrected chi connectivity index (χ4v) is 1.51. The normalized spacial score (nSPS) is 10.6. The third-order valence-corrected chi connectivity index (χ3v) is 2.50. The van der Waals surface area contributed by atoms with Crippen LogP contribution in [0.5, 0.6) is 0 Å². The SMILES string of the molecule is Cc1cnc(C(=O)NC/C=C/c2ccccc2)cn1. The highest BCUT2D eigenvalue weighted by molar-refractivity contribution is 5.92. The van der Waals surface area contributed by atoms with Crippen LogP contribution in [-0.2, 0) is 0 Å². The van der Waals surface area contributed by atoms with Crippen LogP contribution in [0.25, 0.3) is 6.08 Å². The van der Waals surface area contributed by atoms with Gasteiger partial charge in [-0.1, -0.05) is 42.5 Å². The van der Waals surface area contributed by atoms with Gasteiger partial charge in [0.1, 0.15) is 5.69 Å². The molecular formula is C15H15N3O. The summed E-state index contributed by atoms with van der Waals surface area (Å²) in [5.41, 5.74) is 2.23. The summed E-state index contributed by atoms with van der Waals surface area (Å²) in [4.78, 5) is 19.8. The Kier molecular flexibility index (Phi) is 4.39. The molecule has 96 valence electrons. The van der Waals surface area contributed by atoms with Gasteiger partial charge in [-0.15, -0.1) is 0 Å². The number of hydrogen-bond acceptors (Lipinski definition) is 3. The van der Waals surface area contributed by atoms with E-state index in [1.165, 1.54) is 6.20 Å². The zero-order valence-electron chi connectivity index (χ0n) is 10.7.